The normalized spacial score (nSPS) is 10.4. The van der Waals surface area contributed by atoms with Crippen LogP contribution in [-0.2, 0) is 16.1 Å². The second kappa shape index (κ2) is 4.78. The molecule has 5 heteroatoms. The third-order valence-electron chi connectivity index (χ3n) is 2.29. The monoisotopic (exact) mass is 232 g/mol. The highest BCUT2D eigenvalue weighted by atomic mass is 16.3. The molecule has 1 N–H and O–H groups in total. The minimum Gasteiger partial charge on any atom is -0.443 e. The predicted octanol–water partition coefficient (Wildman–Crippen LogP) is 1.42. The molecular weight excluding hydrogens is 220 g/mol. The van der Waals surface area contributed by atoms with Gasteiger partial charge in [-0.15, -0.1) is 0 Å². The summed E-state index contributed by atoms with van der Waals surface area (Å²) in [5.74, 6) is -0.414. The molecule has 2 rings (SSSR count). The Bertz CT molecular complexity index is 560. The van der Waals surface area contributed by atoms with Crippen LogP contribution >= 0.6 is 0 Å². The third kappa shape index (κ3) is 2.90. The summed E-state index contributed by atoms with van der Waals surface area (Å²) >= 11 is 0. The van der Waals surface area contributed by atoms with Gasteiger partial charge in [0.1, 0.15) is 11.3 Å². The molecule has 2 aromatic rings. The van der Waals surface area contributed by atoms with Gasteiger partial charge in [-0.2, -0.15) is 0 Å². The fourth-order valence-corrected chi connectivity index (χ4v) is 1.50. The van der Waals surface area contributed by atoms with Crippen molar-refractivity contribution in [2.75, 3.05) is 0 Å². The molecule has 0 aliphatic rings. The van der Waals surface area contributed by atoms with Crippen LogP contribution in [0.15, 0.2) is 29.0 Å². The number of carbonyl (C=O) groups is 2. The maximum atomic E-state index is 11.3. The average Bonchev–Trinajstić information content (AvgIpc) is 2.72. The molecule has 88 valence electrons. The Morgan fingerprint density at radius 3 is 3.00 bits per heavy atom. The van der Waals surface area contributed by atoms with E-state index in [1.165, 1.54) is 13.3 Å². The summed E-state index contributed by atoms with van der Waals surface area (Å²) in [6.45, 7) is 1.77. The molecule has 5 nitrogen and oxygen atoms in total. The van der Waals surface area contributed by atoms with Gasteiger partial charge in [-0.25, -0.2) is 4.98 Å². The zero-order valence-corrected chi connectivity index (χ0v) is 9.40. The zero-order valence-electron chi connectivity index (χ0n) is 9.40. The second-order valence-corrected chi connectivity index (χ2v) is 3.81. The highest BCUT2D eigenvalue weighted by Gasteiger charge is 2.05. The van der Waals surface area contributed by atoms with Crippen LogP contribution in [0.5, 0.6) is 0 Å². The molecule has 0 aliphatic carbocycles. The van der Waals surface area contributed by atoms with Crippen LogP contribution < -0.4 is 5.32 Å². The van der Waals surface area contributed by atoms with Gasteiger partial charge in [0.05, 0.1) is 6.42 Å². The van der Waals surface area contributed by atoms with Crippen LogP contribution in [0.25, 0.3) is 11.1 Å². The molecule has 1 heterocycles. The lowest BCUT2D eigenvalue weighted by molar-refractivity contribution is -0.127. The number of nitrogens with zero attached hydrogens (tertiary/aromatic N) is 1. The Kier molecular flexibility index (Phi) is 3.18. The van der Waals surface area contributed by atoms with Gasteiger partial charge >= 0.3 is 0 Å². The van der Waals surface area contributed by atoms with E-state index >= 15 is 0 Å². The first kappa shape index (κ1) is 11.3. The van der Waals surface area contributed by atoms with E-state index in [2.05, 4.69) is 10.3 Å². The lowest BCUT2D eigenvalue weighted by Gasteiger charge is -2.03. The molecule has 17 heavy (non-hydrogen) atoms. The Hall–Kier alpha value is -2.17. The predicted molar refractivity (Wildman–Crippen MR) is 61.2 cm³/mol. The van der Waals surface area contributed by atoms with Crippen molar-refractivity contribution in [3.05, 3.63) is 30.2 Å². The van der Waals surface area contributed by atoms with Crippen molar-refractivity contribution in [3.8, 4) is 0 Å². The molecule has 0 saturated carbocycles. The molecule has 0 radical (unpaired) electrons. The number of amides is 1. The molecule has 1 amide bonds. The fraction of sp³-hybridized carbons (Fsp3) is 0.250. The van der Waals surface area contributed by atoms with Gasteiger partial charge in [-0.1, -0.05) is 6.07 Å². The molecule has 0 fully saturated rings. The maximum Gasteiger partial charge on any atom is 0.227 e. The van der Waals surface area contributed by atoms with Crippen LogP contribution in [-0.4, -0.2) is 16.7 Å². The van der Waals surface area contributed by atoms with Crippen molar-refractivity contribution in [2.24, 2.45) is 0 Å². The van der Waals surface area contributed by atoms with Gasteiger partial charge in [0.2, 0.25) is 5.91 Å². The standard InChI is InChI=1S/C12H12N2O3/c1-8(15)4-12(16)13-6-9-2-3-10-11(5-9)17-7-14-10/h2-3,5,7H,4,6H2,1H3,(H,13,16). The van der Waals surface area contributed by atoms with E-state index in [0.29, 0.717) is 12.1 Å². The number of nitrogens with one attached hydrogen (secondary N) is 1. The van der Waals surface area contributed by atoms with Crippen molar-refractivity contribution in [3.63, 3.8) is 0 Å². The number of carbonyl (C=O) groups excluding carboxylic acids is 2. The molecule has 0 saturated heterocycles. The summed E-state index contributed by atoms with van der Waals surface area (Å²) in [5.41, 5.74) is 2.37. The summed E-state index contributed by atoms with van der Waals surface area (Å²) in [6, 6.07) is 5.50. The molecule has 0 atom stereocenters. The highest BCUT2D eigenvalue weighted by Crippen LogP contribution is 2.13. The summed E-state index contributed by atoms with van der Waals surface area (Å²) < 4.78 is 5.15. The number of hydrogen-bond donors (Lipinski definition) is 1. The molecular formula is C12H12N2O3. The number of hydrogen-bond acceptors (Lipinski definition) is 4. The van der Waals surface area contributed by atoms with Gasteiger partial charge in [0.25, 0.3) is 0 Å². The average molecular weight is 232 g/mol. The first-order valence-electron chi connectivity index (χ1n) is 5.23. The smallest absolute Gasteiger partial charge is 0.227 e. The van der Waals surface area contributed by atoms with E-state index in [9.17, 15) is 9.59 Å². The quantitative estimate of drug-likeness (QED) is 0.809. The van der Waals surface area contributed by atoms with Crippen molar-refractivity contribution in [2.45, 2.75) is 19.9 Å². The maximum absolute atomic E-state index is 11.3. The molecule has 1 aromatic carbocycles. The van der Waals surface area contributed by atoms with Crippen LogP contribution in [0, 0.1) is 0 Å². The summed E-state index contributed by atoms with van der Waals surface area (Å²) in [7, 11) is 0. The Morgan fingerprint density at radius 2 is 2.24 bits per heavy atom. The number of benzene rings is 1. The minimum atomic E-state index is -0.268. The van der Waals surface area contributed by atoms with E-state index < -0.39 is 0 Å². The number of rotatable bonds is 4. The zero-order chi connectivity index (χ0) is 12.3. The molecule has 1 aromatic heterocycles. The fourth-order valence-electron chi connectivity index (χ4n) is 1.50. The van der Waals surface area contributed by atoms with Crippen molar-refractivity contribution in [1.82, 2.24) is 10.3 Å². The SMILES string of the molecule is CC(=O)CC(=O)NCc1ccc2ncoc2c1. The lowest BCUT2D eigenvalue weighted by atomic mass is 10.2. The number of aromatic nitrogens is 1. The number of Topliss-reactive ketones (excluding diaryl/α,β-unsaturated/α-hetero) is 1. The first-order chi connectivity index (χ1) is 8.15. The van der Waals surface area contributed by atoms with Gasteiger partial charge in [-0.05, 0) is 24.6 Å². The van der Waals surface area contributed by atoms with Gasteiger partial charge < -0.3 is 9.73 Å². The topological polar surface area (TPSA) is 72.2 Å². The number of fused-ring (bicyclic) bond motifs is 1. The summed E-state index contributed by atoms with van der Waals surface area (Å²) in [5, 5.41) is 2.67. The molecule has 0 unspecified atom stereocenters. The first-order valence-corrected chi connectivity index (χ1v) is 5.23. The second-order valence-electron chi connectivity index (χ2n) is 3.81. The Labute approximate surface area is 97.8 Å². The van der Waals surface area contributed by atoms with E-state index in [1.54, 1.807) is 0 Å². The van der Waals surface area contributed by atoms with Crippen LogP contribution in [0.3, 0.4) is 0 Å². The van der Waals surface area contributed by atoms with Gasteiger partial charge in [0, 0.05) is 6.54 Å². The Morgan fingerprint density at radius 1 is 1.41 bits per heavy atom. The van der Waals surface area contributed by atoms with E-state index in [0.717, 1.165) is 11.1 Å². The van der Waals surface area contributed by atoms with Crippen LogP contribution in [0.2, 0.25) is 0 Å². The molecule has 0 spiro atoms. The van der Waals surface area contributed by atoms with Gasteiger partial charge in [-0.3, -0.25) is 9.59 Å². The Balaban J connectivity index is 1.98. The van der Waals surface area contributed by atoms with Crippen molar-refractivity contribution >= 4 is 22.8 Å². The minimum absolute atomic E-state index is 0.0788. The molecule has 0 bridgehead atoms. The highest BCUT2D eigenvalue weighted by molar-refractivity contribution is 5.96. The van der Waals surface area contributed by atoms with Crippen molar-refractivity contribution in [1.29, 1.82) is 0 Å². The largest absolute Gasteiger partial charge is 0.443 e. The third-order valence-corrected chi connectivity index (χ3v) is 2.29. The number of ketones is 1. The lowest BCUT2D eigenvalue weighted by Crippen LogP contribution is -2.24. The van der Waals surface area contributed by atoms with Crippen LogP contribution in [0.1, 0.15) is 18.9 Å². The number of oxazole rings is 1. The van der Waals surface area contributed by atoms with E-state index in [-0.39, 0.29) is 18.1 Å². The van der Waals surface area contributed by atoms with Crippen LogP contribution in [0.4, 0.5) is 0 Å². The summed E-state index contributed by atoms with van der Waals surface area (Å²) in [4.78, 5) is 26.0. The van der Waals surface area contributed by atoms with Gasteiger partial charge in [0.15, 0.2) is 12.0 Å². The van der Waals surface area contributed by atoms with Crippen molar-refractivity contribution < 1.29 is 14.0 Å². The summed E-state index contributed by atoms with van der Waals surface area (Å²) in [6.07, 6.45) is 1.30. The van der Waals surface area contributed by atoms with E-state index in [1.807, 2.05) is 18.2 Å². The molecule has 0 aliphatic heterocycles. The van der Waals surface area contributed by atoms with E-state index in [4.69, 9.17) is 4.42 Å².